The van der Waals surface area contributed by atoms with Gasteiger partial charge in [0.05, 0.1) is 11.5 Å². The number of hydrogen-bond acceptors (Lipinski definition) is 4. The molecule has 0 N–H and O–H groups in total. The summed E-state index contributed by atoms with van der Waals surface area (Å²) in [6, 6.07) is 0. The first kappa shape index (κ1) is 27.3. The van der Waals surface area contributed by atoms with Crippen molar-refractivity contribution in [3.8, 4) is 0 Å². The van der Waals surface area contributed by atoms with Crippen LogP contribution in [0.4, 0.5) is 0 Å². The van der Waals surface area contributed by atoms with Crippen LogP contribution in [0, 0.1) is 24.2 Å². The minimum atomic E-state index is -0.320. The number of dihydropyridines is 1. The van der Waals surface area contributed by atoms with Crippen molar-refractivity contribution in [3.63, 3.8) is 0 Å². The minimum Gasteiger partial charge on any atom is -0.337 e. The Labute approximate surface area is 222 Å². The molecule has 0 aliphatic carbocycles. The average Bonchev–Trinajstić information content (AvgIpc) is 3.06. The lowest BCUT2D eigenvalue weighted by Gasteiger charge is -2.38. The van der Waals surface area contributed by atoms with Crippen LogP contribution >= 0.6 is 11.3 Å². The van der Waals surface area contributed by atoms with Crippen LogP contribution in [-0.2, 0) is 11.2 Å². The number of hydrogen-bond donors (Lipinski definition) is 0. The summed E-state index contributed by atoms with van der Waals surface area (Å²) in [6.07, 6.45) is 7.56. The van der Waals surface area contributed by atoms with Crippen LogP contribution in [0.3, 0.4) is 0 Å². The number of carbonyl (C=O) groups excluding carboxylic acids is 2. The van der Waals surface area contributed by atoms with E-state index in [1.165, 1.54) is 54.2 Å². The van der Waals surface area contributed by atoms with E-state index >= 15 is 0 Å². The number of carbonyl (C=O) groups is 2. The second-order valence-corrected chi connectivity index (χ2v) is 13.3. The molecule has 5 nitrogen and oxygen atoms in total. The Morgan fingerprint density at radius 2 is 1.83 bits per heavy atom. The summed E-state index contributed by atoms with van der Waals surface area (Å²) < 4.78 is 0. The second kappa shape index (κ2) is 10.9. The number of aryl methyl sites for hydroxylation is 1. The molecule has 1 unspecified atom stereocenters. The Kier molecular flexibility index (Phi) is 8.25. The van der Waals surface area contributed by atoms with Gasteiger partial charge in [0.2, 0.25) is 0 Å². The van der Waals surface area contributed by atoms with Crippen molar-refractivity contribution < 1.29 is 9.59 Å². The van der Waals surface area contributed by atoms with Gasteiger partial charge >= 0.3 is 0 Å². The maximum absolute atomic E-state index is 13.8. The highest BCUT2D eigenvalue weighted by molar-refractivity contribution is 7.12. The number of piperidine rings is 1. The molecule has 36 heavy (non-hydrogen) atoms. The van der Waals surface area contributed by atoms with Crippen molar-refractivity contribution in [2.45, 2.75) is 86.5 Å². The molecule has 4 rings (SSSR count). The van der Waals surface area contributed by atoms with E-state index < -0.39 is 0 Å². The van der Waals surface area contributed by atoms with Crippen LogP contribution in [0.1, 0.15) is 98.8 Å². The van der Waals surface area contributed by atoms with Crippen LogP contribution in [-0.4, -0.2) is 60.0 Å². The molecule has 1 saturated heterocycles. The summed E-state index contributed by atoms with van der Waals surface area (Å²) in [4.78, 5) is 37.8. The summed E-state index contributed by atoms with van der Waals surface area (Å²) in [7, 11) is 0. The highest BCUT2D eigenvalue weighted by atomic mass is 32.1. The predicted octanol–water partition coefficient (Wildman–Crippen LogP) is 6.26. The van der Waals surface area contributed by atoms with Gasteiger partial charge in [-0.3, -0.25) is 9.59 Å². The first-order chi connectivity index (χ1) is 17.0. The summed E-state index contributed by atoms with van der Waals surface area (Å²) in [6.45, 7) is 20.1. The molecule has 6 heteroatoms. The normalized spacial score (nSPS) is 23.3. The quantitative estimate of drug-likeness (QED) is 0.434. The van der Waals surface area contributed by atoms with Crippen LogP contribution in [0.15, 0.2) is 16.6 Å². The first-order valence-electron chi connectivity index (χ1n) is 13.9. The Morgan fingerprint density at radius 3 is 2.47 bits per heavy atom. The Bertz CT molecular complexity index is 1060. The number of thiophene rings is 1. The first-order valence-corrected chi connectivity index (χ1v) is 14.7. The van der Waals surface area contributed by atoms with Gasteiger partial charge in [-0.25, -0.2) is 4.99 Å². The zero-order valence-electron chi connectivity index (χ0n) is 23.4. The lowest BCUT2D eigenvalue weighted by atomic mass is 9.82. The third-order valence-corrected chi connectivity index (χ3v) is 10.5. The molecule has 3 aliphatic heterocycles. The largest absolute Gasteiger partial charge is 0.337 e. The maximum atomic E-state index is 13.8. The number of rotatable bonds is 7. The molecule has 0 saturated carbocycles. The molecule has 198 valence electrons. The molecule has 1 fully saturated rings. The predicted molar refractivity (Wildman–Crippen MR) is 150 cm³/mol. The van der Waals surface area contributed by atoms with Gasteiger partial charge in [0.15, 0.2) is 0 Å². The van der Waals surface area contributed by atoms with Gasteiger partial charge in [-0.05, 0) is 94.9 Å². The fraction of sp³-hybridized carbons (Fsp3) is 0.700. The smallest absolute Gasteiger partial charge is 0.255 e. The molecule has 0 bridgehead atoms. The molecular formula is C30H45N3O2S. The van der Waals surface area contributed by atoms with E-state index in [1.54, 1.807) is 0 Å². The molecule has 0 radical (unpaired) electrons. The van der Waals surface area contributed by atoms with Crippen LogP contribution in [0.25, 0.3) is 0 Å². The number of aliphatic imine (C=N–C) groups is 1. The van der Waals surface area contributed by atoms with Crippen molar-refractivity contribution in [3.05, 3.63) is 32.5 Å². The Hall–Kier alpha value is -1.79. The molecular weight excluding hydrogens is 466 g/mol. The molecule has 2 atom stereocenters. The summed E-state index contributed by atoms with van der Waals surface area (Å²) >= 11 is 1.88. The standard InChI is InChI=1S/C30H45N3O2S/c1-8-30(6,7)18-32-14-11-23(12-15-32)21(4)27-22(5)26-25(36-27)10-9-13-33(29(26)35)17-24-19(2)16-20(3)31-28(24)34/h16,21,23-24H,8-15,17-18H2,1-7H3/t21-,24?/m1/s1. The lowest BCUT2D eigenvalue weighted by Crippen LogP contribution is -2.40. The van der Waals surface area contributed by atoms with E-state index in [2.05, 4.69) is 44.5 Å². The van der Waals surface area contributed by atoms with Crippen molar-refractivity contribution in [2.75, 3.05) is 32.7 Å². The van der Waals surface area contributed by atoms with E-state index in [9.17, 15) is 9.59 Å². The van der Waals surface area contributed by atoms with Crippen LogP contribution < -0.4 is 0 Å². The summed E-state index contributed by atoms with van der Waals surface area (Å²) in [5.74, 6) is 0.825. The van der Waals surface area contributed by atoms with Gasteiger partial charge < -0.3 is 9.80 Å². The second-order valence-electron chi connectivity index (χ2n) is 12.2. The number of nitrogens with zero attached hydrogens (tertiary/aromatic N) is 3. The molecule has 1 aromatic rings. The van der Waals surface area contributed by atoms with Gasteiger partial charge in [-0.2, -0.15) is 0 Å². The molecule has 4 heterocycles. The molecule has 1 aromatic heterocycles. The Balaban J connectivity index is 1.47. The zero-order chi connectivity index (χ0) is 26.2. The van der Waals surface area contributed by atoms with E-state index in [4.69, 9.17) is 0 Å². The Morgan fingerprint density at radius 1 is 1.14 bits per heavy atom. The van der Waals surface area contributed by atoms with E-state index in [0.29, 0.717) is 30.3 Å². The monoisotopic (exact) mass is 511 g/mol. The third-order valence-electron chi connectivity index (χ3n) is 8.93. The molecule has 2 amide bonds. The van der Waals surface area contributed by atoms with E-state index in [1.807, 2.05) is 36.2 Å². The lowest BCUT2D eigenvalue weighted by molar-refractivity contribution is -0.120. The maximum Gasteiger partial charge on any atom is 0.255 e. The molecule has 3 aliphatic rings. The van der Waals surface area contributed by atoms with Crippen LogP contribution in [0.2, 0.25) is 0 Å². The topological polar surface area (TPSA) is 53.0 Å². The third kappa shape index (κ3) is 5.70. The summed E-state index contributed by atoms with van der Waals surface area (Å²) in [5, 5.41) is 0. The van der Waals surface area contributed by atoms with Gasteiger partial charge in [0.25, 0.3) is 11.8 Å². The van der Waals surface area contributed by atoms with Gasteiger partial charge in [-0.1, -0.05) is 33.3 Å². The van der Waals surface area contributed by atoms with Gasteiger partial charge in [0.1, 0.15) is 0 Å². The average molecular weight is 512 g/mol. The number of likely N-dealkylation sites (tertiary alicyclic amines) is 1. The fourth-order valence-electron chi connectivity index (χ4n) is 6.24. The van der Waals surface area contributed by atoms with Gasteiger partial charge in [0, 0.05) is 35.1 Å². The van der Waals surface area contributed by atoms with E-state index in [0.717, 1.165) is 29.7 Å². The number of amides is 2. The van der Waals surface area contributed by atoms with Gasteiger partial charge in [-0.15, -0.1) is 11.3 Å². The van der Waals surface area contributed by atoms with Crippen LogP contribution in [0.5, 0.6) is 0 Å². The highest BCUT2D eigenvalue weighted by Gasteiger charge is 2.35. The number of fused-ring (bicyclic) bond motifs is 1. The van der Waals surface area contributed by atoms with Crippen molar-refractivity contribution >= 4 is 28.9 Å². The highest BCUT2D eigenvalue weighted by Crippen LogP contribution is 2.42. The van der Waals surface area contributed by atoms with E-state index in [-0.39, 0.29) is 17.7 Å². The molecule has 0 spiro atoms. The van der Waals surface area contributed by atoms with Crippen molar-refractivity contribution in [2.24, 2.45) is 22.2 Å². The van der Waals surface area contributed by atoms with Crippen molar-refractivity contribution in [1.29, 1.82) is 0 Å². The fourth-order valence-corrected chi connectivity index (χ4v) is 7.73. The van der Waals surface area contributed by atoms with Crippen molar-refractivity contribution in [1.82, 2.24) is 9.80 Å². The minimum absolute atomic E-state index is 0.109. The summed E-state index contributed by atoms with van der Waals surface area (Å²) in [5.41, 5.74) is 4.25. The number of allylic oxidation sites excluding steroid dienone is 1. The zero-order valence-corrected chi connectivity index (χ0v) is 24.3. The molecule has 0 aromatic carbocycles. The SMILES string of the molecule is CCC(C)(C)CN1CCC([C@@H](C)c2sc3c(c2C)C(=O)N(CC2C(=O)N=C(C)C=C2C)CCC3)CC1.